The van der Waals surface area contributed by atoms with Crippen LogP contribution in [0.5, 0.6) is 0 Å². The van der Waals surface area contributed by atoms with Crippen molar-refractivity contribution in [3.8, 4) is 0 Å². The predicted octanol–water partition coefficient (Wildman–Crippen LogP) is -0.111. The quantitative estimate of drug-likeness (QED) is 0.390. The van der Waals surface area contributed by atoms with Crippen molar-refractivity contribution in [3.63, 3.8) is 0 Å². The Morgan fingerprint density at radius 2 is 1.70 bits per heavy atom. The molecule has 1 aliphatic rings. The molecule has 0 aliphatic carbocycles. The van der Waals surface area contributed by atoms with Crippen molar-refractivity contribution in [1.82, 2.24) is 5.01 Å². The zero-order valence-corrected chi connectivity index (χ0v) is 8.12. The Bertz CT molecular complexity index is 115. The van der Waals surface area contributed by atoms with Crippen molar-refractivity contribution >= 4 is 29.9 Å². The van der Waals surface area contributed by atoms with Gasteiger partial charge in [-0.1, -0.05) is 0 Å². The van der Waals surface area contributed by atoms with E-state index in [0.29, 0.717) is 0 Å². The molecule has 10 heavy (non-hydrogen) atoms. The van der Waals surface area contributed by atoms with E-state index >= 15 is 0 Å². The monoisotopic (exact) mass is 256 g/mol. The lowest BCUT2D eigenvalue weighted by Gasteiger charge is -2.08. The van der Waals surface area contributed by atoms with E-state index in [0.717, 1.165) is 13.1 Å². The second-order valence-electron chi connectivity index (χ2n) is 2.19. The summed E-state index contributed by atoms with van der Waals surface area (Å²) in [5.41, 5.74) is 10.3. The molecule has 0 radical (unpaired) electrons. The molecule has 1 saturated heterocycles. The van der Waals surface area contributed by atoms with Gasteiger partial charge < -0.3 is 11.5 Å². The van der Waals surface area contributed by atoms with Crippen LogP contribution in [0.3, 0.4) is 0 Å². The standard InChI is InChI=1S/C5H12N4.HI/c6-5(7)8-9-3-1-2-4-9;/h1-4H2,(H4,6,7,8);1H. The molecule has 5 heteroatoms. The molecule has 0 unspecified atom stereocenters. The highest BCUT2D eigenvalue weighted by Gasteiger charge is 2.07. The van der Waals surface area contributed by atoms with Crippen LogP contribution < -0.4 is 11.5 Å². The van der Waals surface area contributed by atoms with Crippen molar-refractivity contribution in [3.05, 3.63) is 0 Å². The summed E-state index contributed by atoms with van der Waals surface area (Å²) in [5, 5.41) is 5.78. The minimum atomic E-state index is 0. The van der Waals surface area contributed by atoms with Crippen LogP contribution in [0.2, 0.25) is 0 Å². The molecule has 0 amide bonds. The van der Waals surface area contributed by atoms with Crippen LogP contribution in [-0.2, 0) is 0 Å². The number of hydrogen-bond donors (Lipinski definition) is 2. The Hall–Kier alpha value is -0.200. The topological polar surface area (TPSA) is 67.6 Å². The van der Waals surface area contributed by atoms with Crippen molar-refractivity contribution in [2.24, 2.45) is 16.6 Å². The van der Waals surface area contributed by atoms with Gasteiger partial charge in [0.15, 0.2) is 0 Å². The molecule has 0 atom stereocenters. The molecule has 0 aromatic rings. The second kappa shape index (κ2) is 4.59. The summed E-state index contributed by atoms with van der Waals surface area (Å²) in [4.78, 5) is 0. The Balaban J connectivity index is 0.000000810. The average molecular weight is 256 g/mol. The predicted molar refractivity (Wildman–Crippen MR) is 52.0 cm³/mol. The third-order valence-corrected chi connectivity index (χ3v) is 1.34. The van der Waals surface area contributed by atoms with Crippen molar-refractivity contribution < 1.29 is 0 Å². The van der Waals surface area contributed by atoms with Crippen LogP contribution in [0.4, 0.5) is 0 Å². The zero-order valence-electron chi connectivity index (χ0n) is 5.79. The maximum absolute atomic E-state index is 5.16. The summed E-state index contributed by atoms with van der Waals surface area (Å²) in [5.74, 6) is 0.164. The lowest BCUT2D eigenvalue weighted by atomic mass is 10.4. The van der Waals surface area contributed by atoms with E-state index in [9.17, 15) is 0 Å². The number of hydrogen-bond acceptors (Lipinski definition) is 2. The smallest absolute Gasteiger partial charge is 0.208 e. The van der Waals surface area contributed by atoms with Crippen LogP contribution in [0.15, 0.2) is 5.10 Å². The highest BCUT2D eigenvalue weighted by Crippen LogP contribution is 2.06. The number of halogens is 1. The number of hydrazone groups is 1. The van der Waals surface area contributed by atoms with E-state index < -0.39 is 0 Å². The van der Waals surface area contributed by atoms with Gasteiger partial charge in [0.2, 0.25) is 5.96 Å². The fraction of sp³-hybridized carbons (Fsp3) is 0.800. The first kappa shape index (κ1) is 9.80. The SMILES string of the molecule is I.NC(N)=NN1CCCC1. The van der Waals surface area contributed by atoms with Crippen molar-refractivity contribution in [1.29, 1.82) is 0 Å². The van der Waals surface area contributed by atoms with Gasteiger partial charge in [0.1, 0.15) is 0 Å². The summed E-state index contributed by atoms with van der Waals surface area (Å²) in [6.07, 6.45) is 2.41. The maximum atomic E-state index is 5.16. The van der Waals surface area contributed by atoms with Gasteiger partial charge in [-0.15, -0.1) is 29.1 Å². The first-order chi connectivity index (χ1) is 4.29. The molecular weight excluding hydrogens is 243 g/mol. The highest BCUT2D eigenvalue weighted by molar-refractivity contribution is 14.0. The number of nitrogens with zero attached hydrogens (tertiary/aromatic N) is 2. The molecule has 1 aliphatic heterocycles. The molecule has 0 bridgehead atoms. The third kappa shape index (κ3) is 3.09. The molecule has 1 rings (SSSR count). The highest BCUT2D eigenvalue weighted by atomic mass is 127. The van der Waals surface area contributed by atoms with Gasteiger partial charge in [0.05, 0.1) is 0 Å². The minimum Gasteiger partial charge on any atom is -0.369 e. The summed E-state index contributed by atoms with van der Waals surface area (Å²) in [6.45, 7) is 2.00. The lowest BCUT2D eigenvalue weighted by Crippen LogP contribution is -2.27. The molecule has 1 heterocycles. The average Bonchev–Trinajstić information content (AvgIpc) is 2.15. The Morgan fingerprint density at radius 1 is 1.20 bits per heavy atom. The maximum Gasteiger partial charge on any atom is 0.208 e. The summed E-state index contributed by atoms with van der Waals surface area (Å²) >= 11 is 0. The van der Waals surface area contributed by atoms with E-state index in [-0.39, 0.29) is 29.9 Å². The molecule has 60 valence electrons. The van der Waals surface area contributed by atoms with Gasteiger partial charge >= 0.3 is 0 Å². The number of rotatable bonds is 1. The van der Waals surface area contributed by atoms with Gasteiger partial charge in [-0.25, -0.2) is 0 Å². The molecule has 0 aromatic heterocycles. The fourth-order valence-electron chi connectivity index (χ4n) is 0.964. The van der Waals surface area contributed by atoms with E-state index in [1.807, 2.05) is 5.01 Å². The lowest BCUT2D eigenvalue weighted by molar-refractivity contribution is 0.359. The Kier molecular flexibility index (Phi) is 4.50. The number of guanidine groups is 1. The van der Waals surface area contributed by atoms with E-state index in [1.54, 1.807) is 0 Å². The van der Waals surface area contributed by atoms with Crippen LogP contribution in [0, 0.1) is 0 Å². The molecular formula is C5H13IN4. The van der Waals surface area contributed by atoms with Crippen LogP contribution in [-0.4, -0.2) is 24.1 Å². The summed E-state index contributed by atoms with van der Waals surface area (Å²) in [6, 6.07) is 0. The van der Waals surface area contributed by atoms with Gasteiger partial charge in [-0.05, 0) is 12.8 Å². The van der Waals surface area contributed by atoms with Crippen LogP contribution >= 0.6 is 24.0 Å². The summed E-state index contributed by atoms with van der Waals surface area (Å²) < 4.78 is 0. The molecule has 4 N–H and O–H groups in total. The first-order valence-electron chi connectivity index (χ1n) is 3.13. The fourth-order valence-corrected chi connectivity index (χ4v) is 0.964. The third-order valence-electron chi connectivity index (χ3n) is 1.34. The zero-order chi connectivity index (χ0) is 6.69. The van der Waals surface area contributed by atoms with E-state index in [1.165, 1.54) is 12.8 Å². The first-order valence-corrected chi connectivity index (χ1v) is 3.13. The van der Waals surface area contributed by atoms with Gasteiger partial charge in [0, 0.05) is 13.1 Å². The largest absolute Gasteiger partial charge is 0.369 e. The molecule has 4 nitrogen and oxygen atoms in total. The minimum absolute atomic E-state index is 0. The van der Waals surface area contributed by atoms with Crippen LogP contribution in [0.1, 0.15) is 12.8 Å². The molecule has 0 spiro atoms. The van der Waals surface area contributed by atoms with Crippen molar-refractivity contribution in [2.45, 2.75) is 12.8 Å². The van der Waals surface area contributed by atoms with Gasteiger partial charge in [-0.3, -0.25) is 5.01 Å². The Labute approximate surface area is 77.6 Å². The Morgan fingerprint density at radius 3 is 2.10 bits per heavy atom. The van der Waals surface area contributed by atoms with Crippen LogP contribution in [0.25, 0.3) is 0 Å². The van der Waals surface area contributed by atoms with Gasteiger partial charge in [0.25, 0.3) is 0 Å². The molecule has 0 saturated carbocycles. The van der Waals surface area contributed by atoms with E-state index in [4.69, 9.17) is 11.5 Å². The van der Waals surface area contributed by atoms with Crippen molar-refractivity contribution in [2.75, 3.05) is 13.1 Å². The number of nitrogens with two attached hydrogens (primary N) is 2. The molecule has 0 aromatic carbocycles. The summed E-state index contributed by atoms with van der Waals surface area (Å²) in [7, 11) is 0. The van der Waals surface area contributed by atoms with E-state index in [2.05, 4.69) is 5.10 Å². The second-order valence-corrected chi connectivity index (χ2v) is 2.19. The normalized spacial score (nSPS) is 16.2. The van der Waals surface area contributed by atoms with Gasteiger partial charge in [-0.2, -0.15) is 0 Å². The molecule has 1 fully saturated rings.